The van der Waals surface area contributed by atoms with Crippen molar-refractivity contribution in [3.8, 4) is 0 Å². The molecule has 1 N–H and O–H groups in total. The van der Waals surface area contributed by atoms with Gasteiger partial charge in [-0.3, -0.25) is 0 Å². The molecule has 0 aliphatic carbocycles. The SMILES string of the molecule is CCCNc1cc(C(C)(C)C)nc(COCC)n1. The largest absolute Gasteiger partial charge is 0.374 e. The normalized spacial score (nSPS) is 11.6. The van der Waals surface area contributed by atoms with Crippen LogP contribution in [0.1, 0.15) is 52.6 Å². The summed E-state index contributed by atoms with van der Waals surface area (Å²) in [5.74, 6) is 1.65. The Kier molecular flexibility index (Phi) is 5.54. The van der Waals surface area contributed by atoms with Gasteiger partial charge in [-0.25, -0.2) is 9.97 Å². The van der Waals surface area contributed by atoms with Gasteiger partial charge in [0.25, 0.3) is 0 Å². The molecule has 0 amide bonds. The van der Waals surface area contributed by atoms with Gasteiger partial charge in [0.05, 0.1) is 5.69 Å². The summed E-state index contributed by atoms with van der Waals surface area (Å²) in [6.07, 6.45) is 1.08. The number of hydrogen-bond donors (Lipinski definition) is 1. The highest BCUT2D eigenvalue weighted by Gasteiger charge is 2.17. The van der Waals surface area contributed by atoms with Gasteiger partial charge in [0.15, 0.2) is 5.82 Å². The van der Waals surface area contributed by atoms with E-state index < -0.39 is 0 Å². The van der Waals surface area contributed by atoms with Crippen molar-refractivity contribution in [2.24, 2.45) is 0 Å². The van der Waals surface area contributed by atoms with Crippen LogP contribution in [0.15, 0.2) is 6.07 Å². The van der Waals surface area contributed by atoms with Crippen LogP contribution in [0.25, 0.3) is 0 Å². The maximum atomic E-state index is 5.39. The molecular weight excluding hydrogens is 226 g/mol. The molecule has 1 aromatic heterocycles. The summed E-state index contributed by atoms with van der Waals surface area (Å²) in [6.45, 7) is 12.7. The van der Waals surface area contributed by atoms with E-state index in [1.807, 2.05) is 13.0 Å². The second-order valence-electron chi connectivity index (χ2n) is 5.37. The number of nitrogens with one attached hydrogen (secondary N) is 1. The number of nitrogens with zero attached hydrogens (tertiary/aromatic N) is 2. The molecule has 0 spiro atoms. The van der Waals surface area contributed by atoms with Crippen molar-refractivity contribution in [3.05, 3.63) is 17.6 Å². The first-order valence-electron chi connectivity index (χ1n) is 6.67. The molecule has 0 saturated carbocycles. The van der Waals surface area contributed by atoms with Gasteiger partial charge in [-0.2, -0.15) is 0 Å². The fourth-order valence-corrected chi connectivity index (χ4v) is 1.48. The van der Waals surface area contributed by atoms with Gasteiger partial charge in [0.1, 0.15) is 12.4 Å². The van der Waals surface area contributed by atoms with E-state index in [2.05, 4.69) is 43.0 Å². The molecule has 0 saturated heterocycles. The minimum atomic E-state index is 0.0204. The average Bonchev–Trinajstić information content (AvgIpc) is 2.32. The van der Waals surface area contributed by atoms with E-state index in [9.17, 15) is 0 Å². The van der Waals surface area contributed by atoms with Crippen molar-refractivity contribution < 1.29 is 4.74 Å². The molecule has 4 heteroatoms. The van der Waals surface area contributed by atoms with Crippen molar-refractivity contribution in [1.82, 2.24) is 9.97 Å². The fraction of sp³-hybridized carbons (Fsp3) is 0.714. The van der Waals surface area contributed by atoms with Gasteiger partial charge in [0.2, 0.25) is 0 Å². The van der Waals surface area contributed by atoms with E-state index >= 15 is 0 Å². The van der Waals surface area contributed by atoms with Crippen LogP contribution in [0.5, 0.6) is 0 Å². The first kappa shape index (κ1) is 14.9. The number of rotatable bonds is 6. The number of ether oxygens (including phenoxy) is 1. The van der Waals surface area contributed by atoms with Crippen molar-refractivity contribution in [2.45, 2.75) is 53.1 Å². The first-order valence-corrected chi connectivity index (χ1v) is 6.67. The average molecular weight is 251 g/mol. The summed E-state index contributed by atoms with van der Waals surface area (Å²) >= 11 is 0. The van der Waals surface area contributed by atoms with E-state index in [1.54, 1.807) is 0 Å². The van der Waals surface area contributed by atoms with Crippen LogP contribution >= 0.6 is 0 Å². The van der Waals surface area contributed by atoms with Crippen LogP contribution in [0.3, 0.4) is 0 Å². The maximum Gasteiger partial charge on any atom is 0.156 e. The standard InChI is InChI=1S/C14H25N3O/c1-6-8-15-12-9-11(14(3,4)5)16-13(17-12)10-18-7-2/h9H,6-8,10H2,1-5H3,(H,15,16,17). The van der Waals surface area contributed by atoms with Crippen molar-refractivity contribution in [1.29, 1.82) is 0 Å². The smallest absolute Gasteiger partial charge is 0.156 e. The lowest BCUT2D eigenvalue weighted by Gasteiger charge is -2.19. The second kappa shape index (κ2) is 6.69. The van der Waals surface area contributed by atoms with Gasteiger partial charge in [-0.05, 0) is 13.3 Å². The van der Waals surface area contributed by atoms with Gasteiger partial charge < -0.3 is 10.1 Å². The molecule has 102 valence electrons. The van der Waals surface area contributed by atoms with Crippen LogP contribution in [0, 0.1) is 0 Å². The predicted octanol–water partition coefficient (Wildman–Crippen LogP) is 3.13. The molecule has 1 aromatic rings. The maximum absolute atomic E-state index is 5.39. The van der Waals surface area contributed by atoms with Gasteiger partial charge >= 0.3 is 0 Å². The molecule has 1 heterocycles. The summed E-state index contributed by atoms with van der Waals surface area (Å²) in [5, 5.41) is 3.32. The molecule has 0 aliphatic rings. The van der Waals surface area contributed by atoms with E-state index in [4.69, 9.17) is 4.74 Å². The number of hydrogen-bond acceptors (Lipinski definition) is 4. The summed E-state index contributed by atoms with van der Waals surface area (Å²) in [7, 11) is 0. The summed E-state index contributed by atoms with van der Waals surface area (Å²) < 4.78 is 5.39. The van der Waals surface area contributed by atoms with Crippen LogP contribution in [0.4, 0.5) is 5.82 Å². The Morgan fingerprint density at radius 3 is 2.50 bits per heavy atom. The third kappa shape index (κ3) is 4.61. The molecule has 0 unspecified atom stereocenters. The zero-order chi connectivity index (χ0) is 13.6. The van der Waals surface area contributed by atoms with Gasteiger partial charge in [-0.1, -0.05) is 27.7 Å². The third-order valence-corrected chi connectivity index (χ3v) is 2.53. The Labute approximate surface area is 110 Å². The minimum absolute atomic E-state index is 0.0204. The lowest BCUT2D eigenvalue weighted by Crippen LogP contribution is -2.17. The van der Waals surface area contributed by atoms with E-state index in [1.165, 1.54) is 0 Å². The molecule has 0 bridgehead atoms. The Morgan fingerprint density at radius 2 is 1.94 bits per heavy atom. The zero-order valence-corrected chi connectivity index (χ0v) is 12.2. The van der Waals surface area contributed by atoms with Gasteiger partial charge in [0, 0.05) is 24.6 Å². The monoisotopic (exact) mass is 251 g/mol. The van der Waals surface area contributed by atoms with E-state index in [0.717, 1.165) is 30.3 Å². The molecule has 0 aliphatic heterocycles. The quantitative estimate of drug-likeness (QED) is 0.843. The molecule has 0 fully saturated rings. The first-order chi connectivity index (χ1) is 8.47. The topological polar surface area (TPSA) is 47.0 Å². The number of anilines is 1. The second-order valence-corrected chi connectivity index (χ2v) is 5.37. The van der Waals surface area contributed by atoms with Gasteiger partial charge in [-0.15, -0.1) is 0 Å². The molecular formula is C14H25N3O. The van der Waals surface area contributed by atoms with Crippen LogP contribution < -0.4 is 5.32 Å². The van der Waals surface area contributed by atoms with Crippen molar-refractivity contribution >= 4 is 5.82 Å². The summed E-state index contributed by atoms with van der Waals surface area (Å²) in [4.78, 5) is 9.05. The van der Waals surface area contributed by atoms with Crippen LogP contribution in [-0.4, -0.2) is 23.1 Å². The van der Waals surface area contributed by atoms with Crippen molar-refractivity contribution in [2.75, 3.05) is 18.5 Å². The lowest BCUT2D eigenvalue weighted by atomic mass is 9.92. The fourth-order valence-electron chi connectivity index (χ4n) is 1.48. The Hall–Kier alpha value is -1.16. The minimum Gasteiger partial charge on any atom is -0.374 e. The Morgan fingerprint density at radius 1 is 1.22 bits per heavy atom. The van der Waals surface area contributed by atoms with Crippen LogP contribution in [0.2, 0.25) is 0 Å². The highest BCUT2D eigenvalue weighted by atomic mass is 16.5. The van der Waals surface area contributed by atoms with Crippen LogP contribution in [-0.2, 0) is 16.8 Å². The molecule has 4 nitrogen and oxygen atoms in total. The molecule has 0 atom stereocenters. The predicted molar refractivity (Wildman–Crippen MR) is 74.8 cm³/mol. The van der Waals surface area contributed by atoms with E-state index in [0.29, 0.717) is 13.2 Å². The summed E-state index contributed by atoms with van der Waals surface area (Å²) in [6, 6.07) is 2.03. The lowest BCUT2D eigenvalue weighted by molar-refractivity contribution is 0.128. The molecule has 0 aromatic carbocycles. The summed E-state index contributed by atoms with van der Waals surface area (Å²) in [5.41, 5.74) is 1.07. The molecule has 0 radical (unpaired) electrons. The molecule has 1 rings (SSSR count). The highest BCUT2D eigenvalue weighted by Crippen LogP contribution is 2.22. The zero-order valence-electron chi connectivity index (χ0n) is 12.2. The Bertz CT molecular complexity index is 346. The highest BCUT2D eigenvalue weighted by molar-refractivity contribution is 5.37. The van der Waals surface area contributed by atoms with Crippen molar-refractivity contribution in [3.63, 3.8) is 0 Å². The molecule has 18 heavy (non-hydrogen) atoms. The number of aromatic nitrogens is 2. The van der Waals surface area contributed by atoms with E-state index in [-0.39, 0.29) is 5.41 Å². The Balaban J connectivity index is 2.96. The third-order valence-electron chi connectivity index (χ3n) is 2.53.